The summed E-state index contributed by atoms with van der Waals surface area (Å²) in [4.78, 5) is 2.50. The van der Waals surface area contributed by atoms with Gasteiger partial charge in [-0.1, -0.05) is 27.2 Å². The first-order valence-electron chi connectivity index (χ1n) is 5.61. The van der Waals surface area contributed by atoms with Gasteiger partial charge in [0.05, 0.1) is 0 Å². The molecule has 0 saturated heterocycles. The summed E-state index contributed by atoms with van der Waals surface area (Å²) in [5, 5.41) is 0. The summed E-state index contributed by atoms with van der Waals surface area (Å²) < 4.78 is 0. The molecule has 13 heavy (non-hydrogen) atoms. The standard InChI is InChI=1S/C11H24N2/c1-4-10(3)8-13(5-2)9-11(12)6-7-11/h10H,4-9,12H2,1-3H3. The molecule has 0 aromatic carbocycles. The van der Waals surface area contributed by atoms with E-state index in [-0.39, 0.29) is 5.54 Å². The van der Waals surface area contributed by atoms with E-state index < -0.39 is 0 Å². The topological polar surface area (TPSA) is 29.3 Å². The minimum absolute atomic E-state index is 0.184. The van der Waals surface area contributed by atoms with Gasteiger partial charge in [-0.05, 0) is 25.3 Å². The summed E-state index contributed by atoms with van der Waals surface area (Å²) in [7, 11) is 0. The van der Waals surface area contributed by atoms with Gasteiger partial charge in [-0.15, -0.1) is 0 Å². The van der Waals surface area contributed by atoms with Crippen molar-refractivity contribution in [1.82, 2.24) is 4.90 Å². The Morgan fingerprint density at radius 2 is 2.00 bits per heavy atom. The van der Waals surface area contributed by atoms with E-state index in [1.165, 1.54) is 25.8 Å². The Balaban J connectivity index is 2.25. The molecule has 78 valence electrons. The Morgan fingerprint density at radius 1 is 1.38 bits per heavy atom. The lowest BCUT2D eigenvalue weighted by molar-refractivity contribution is 0.226. The Hall–Kier alpha value is -0.0800. The minimum Gasteiger partial charge on any atom is -0.324 e. The van der Waals surface area contributed by atoms with Gasteiger partial charge in [-0.2, -0.15) is 0 Å². The van der Waals surface area contributed by atoms with E-state index in [1.807, 2.05) is 0 Å². The molecule has 1 saturated carbocycles. The highest BCUT2D eigenvalue weighted by Crippen LogP contribution is 2.33. The van der Waals surface area contributed by atoms with Crippen LogP contribution in [0.1, 0.15) is 40.0 Å². The van der Waals surface area contributed by atoms with Crippen LogP contribution in [0.25, 0.3) is 0 Å². The Morgan fingerprint density at radius 3 is 2.38 bits per heavy atom. The second-order valence-electron chi connectivity index (χ2n) is 4.70. The fourth-order valence-electron chi connectivity index (χ4n) is 1.64. The van der Waals surface area contributed by atoms with Gasteiger partial charge < -0.3 is 10.6 Å². The smallest absolute Gasteiger partial charge is 0.0284 e. The maximum absolute atomic E-state index is 6.10. The number of rotatable bonds is 6. The van der Waals surface area contributed by atoms with Crippen molar-refractivity contribution in [2.75, 3.05) is 19.6 Å². The summed E-state index contributed by atoms with van der Waals surface area (Å²) in [6, 6.07) is 0. The van der Waals surface area contributed by atoms with Crippen LogP contribution in [0.2, 0.25) is 0 Å². The Labute approximate surface area is 82.5 Å². The quantitative estimate of drug-likeness (QED) is 0.682. The lowest BCUT2D eigenvalue weighted by atomic mass is 10.1. The highest BCUT2D eigenvalue weighted by Gasteiger charge is 2.39. The predicted octanol–water partition coefficient (Wildman–Crippen LogP) is 1.85. The van der Waals surface area contributed by atoms with Crippen LogP contribution in [0.4, 0.5) is 0 Å². The van der Waals surface area contributed by atoms with Crippen LogP contribution >= 0.6 is 0 Å². The molecule has 0 aromatic heterocycles. The molecule has 0 aromatic rings. The van der Waals surface area contributed by atoms with Gasteiger partial charge in [-0.3, -0.25) is 0 Å². The fourth-order valence-corrected chi connectivity index (χ4v) is 1.64. The molecule has 0 aliphatic heterocycles. The second-order valence-corrected chi connectivity index (χ2v) is 4.70. The van der Waals surface area contributed by atoms with E-state index in [0.29, 0.717) is 0 Å². The molecule has 1 aliphatic rings. The Kier molecular flexibility index (Phi) is 3.74. The van der Waals surface area contributed by atoms with Gasteiger partial charge in [0.25, 0.3) is 0 Å². The van der Waals surface area contributed by atoms with E-state index >= 15 is 0 Å². The number of hydrogen-bond donors (Lipinski definition) is 1. The van der Waals surface area contributed by atoms with Crippen LogP contribution in [-0.4, -0.2) is 30.1 Å². The SMILES string of the molecule is CCC(C)CN(CC)CC1(N)CC1. The zero-order valence-electron chi connectivity index (χ0n) is 9.34. The van der Waals surface area contributed by atoms with Crippen LogP contribution < -0.4 is 5.73 Å². The molecule has 0 spiro atoms. The van der Waals surface area contributed by atoms with Crippen molar-refractivity contribution in [3.63, 3.8) is 0 Å². The zero-order valence-corrected chi connectivity index (χ0v) is 9.34. The summed E-state index contributed by atoms with van der Waals surface area (Å²) in [5.41, 5.74) is 6.28. The van der Waals surface area contributed by atoms with Crippen molar-refractivity contribution in [2.24, 2.45) is 11.7 Å². The largest absolute Gasteiger partial charge is 0.324 e. The molecule has 0 heterocycles. The van der Waals surface area contributed by atoms with Crippen molar-refractivity contribution in [2.45, 2.75) is 45.6 Å². The summed E-state index contributed by atoms with van der Waals surface area (Å²) in [6.07, 6.45) is 3.72. The van der Waals surface area contributed by atoms with Crippen molar-refractivity contribution in [3.05, 3.63) is 0 Å². The molecule has 0 amide bonds. The molecule has 0 bridgehead atoms. The molecule has 2 heteroatoms. The van der Waals surface area contributed by atoms with E-state index in [1.54, 1.807) is 0 Å². The van der Waals surface area contributed by atoms with E-state index in [0.717, 1.165) is 19.0 Å². The van der Waals surface area contributed by atoms with Crippen molar-refractivity contribution in [1.29, 1.82) is 0 Å². The molecule has 1 atom stereocenters. The first-order chi connectivity index (χ1) is 6.09. The number of likely N-dealkylation sites (N-methyl/N-ethyl adjacent to an activating group) is 1. The molecule has 1 unspecified atom stereocenters. The van der Waals surface area contributed by atoms with E-state index in [4.69, 9.17) is 5.73 Å². The number of nitrogens with two attached hydrogens (primary N) is 1. The van der Waals surface area contributed by atoms with Crippen molar-refractivity contribution < 1.29 is 0 Å². The molecule has 2 N–H and O–H groups in total. The molecular weight excluding hydrogens is 160 g/mol. The number of nitrogens with zero attached hydrogens (tertiary/aromatic N) is 1. The normalized spacial score (nSPS) is 21.9. The van der Waals surface area contributed by atoms with Crippen LogP contribution in [0.3, 0.4) is 0 Å². The lowest BCUT2D eigenvalue weighted by Gasteiger charge is -2.26. The Bertz CT molecular complexity index is 152. The van der Waals surface area contributed by atoms with Crippen molar-refractivity contribution in [3.8, 4) is 0 Å². The van der Waals surface area contributed by atoms with Gasteiger partial charge in [0.1, 0.15) is 0 Å². The summed E-state index contributed by atoms with van der Waals surface area (Å²) >= 11 is 0. The average Bonchev–Trinajstić information content (AvgIpc) is 2.82. The maximum Gasteiger partial charge on any atom is 0.0284 e. The predicted molar refractivity (Wildman–Crippen MR) is 57.7 cm³/mol. The van der Waals surface area contributed by atoms with Gasteiger partial charge >= 0.3 is 0 Å². The minimum atomic E-state index is 0.184. The molecule has 2 nitrogen and oxygen atoms in total. The molecule has 1 rings (SSSR count). The summed E-state index contributed by atoms with van der Waals surface area (Å²) in [5.74, 6) is 0.808. The van der Waals surface area contributed by atoms with Crippen LogP contribution in [0.15, 0.2) is 0 Å². The van der Waals surface area contributed by atoms with E-state index in [2.05, 4.69) is 25.7 Å². The first-order valence-corrected chi connectivity index (χ1v) is 5.61. The third-order valence-electron chi connectivity index (χ3n) is 3.14. The molecule has 1 fully saturated rings. The third kappa shape index (κ3) is 3.65. The van der Waals surface area contributed by atoms with E-state index in [9.17, 15) is 0 Å². The molecular formula is C11H24N2. The van der Waals surface area contributed by atoms with Crippen molar-refractivity contribution >= 4 is 0 Å². The first kappa shape index (κ1) is 11.0. The van der Waals surface area contributed by atoms with Gasteiger partial charge in [-0.25, -0.2) is 0 Å². The van der Waals surface area contributed by atoms with Crippen LogP contribution in [0, 0.1) is 5.92 Å². The van der Waals surface area contributed by atoms with Crippen LogP contribution in [0.5, 0.6) is 0 Å². The molecule has 1 aliphatic carbocycles. The highest BCUT2D eigenvalue weighted by atomic mass is 15.2. The lowest BCUT2D eigenvalue weighted by Crippen LogP contribution is -2.41. The number of hydrogen-bond acceptors (Lipinski definition) is 2. The third-order valence-corrected chi connectivity index (χ3v) is 3.14. The zero-order chi connectivity index (χ0) is 9.90. The second kappa shape index (κ2) is 4.43. The average molecular weight is 184 g/mol. The maximum atomic E-state index is 6.10. The highest BCUT2D eigenvalue weighted by molar-refractivity contribution is 5.00. The summed E-state index contributed by atoms with van der Waals surface area (Å²) in [6.45, 7) is 10.3. The van der Waals surface area contributed by atoms with Gasteiger partial charge in [0.15, 0.2) is 0 Å². The van der Waals surface area contributed by atoms with Gasteiger partial charge in [0, 0.05) is 18.6 Å². The monoisotopic (exact) mass is 184 g/mol. The molecule has 0 radical (unpaired) electrons. The van der Waals surface area contributed by atoms with Crippen LogP contribution in [-0.2, 0) is 0 Å². The fraction of sp³-hybridized carbons (Fsp3) is 1.00. The van der Waals surface area contributed by atoms with Gasteiger partial charge in [0.2, 0.25) is 0 Å².